The summed E-state index contributed by atoms with van der Waals surface area (Å²) < 4.78 is 5.31. The first kappa shape index (κ1) is 15.2. The fraction of sp³-hybridized carbons (Fsp3) is 0.412. The number of aliphatic hydroxyl groups excluding tert-OH is 1. The monoisotopic (exact) mass is 318 g/mol. The molecule has 0 spiro atoms. The zero-order valence-corrected chi connectivity index (χ0v) is 13.4. The summed E-state index contributed by atoms with van der Waals surface area (Å²) in [6.07, 6.45) is 4.07. The number of allylic oxidation sites excluding steroid dienone is 1. The molecule has 2 aliphatic rings. The average Bonchev–Trinajstić information content (AvgIpc) is 2.99. The van der Waals surface area contributed by atoms with Gasteiger partial charge in [-0.15, -0.1) is 11.8 Å². The molecule has 2 bridgehead atoms. The molecule has 0 heterocycles. The third kappa shape index (κ3) is 2.33. The molecule has 2 fully saturated rings. The molecular formula is C17H18O4S. The molecule has 22 heavy (non-hydrogen) atoms. The van der Waals surface area contributed by atoms with Crippen molar-refractivity contribution in [2.24, 2.45) is 11.8 Å². The van der Waals surface area contributed by atoms with Gasteiger partial charge in [-0.1, -0.05) is 0 Å². The van der Waals surface area contributed by atoms with E-state index in [-0.39, 0.29) is 34.7 Å². The zero-order valence-electron chi connectivity index (χ0n) is 12.6. The van der Waals surface area contributed by atoms with E-state index in [9.17, 15) is 14.7 Å². The first-order chi connectivity index (χ1) is 10.6. The predicted molar refractivity (Wildman–Crippen MR) is 85.2 cm³/mol. The predicted octanol–water partition coefficient (Wildman–Crippen LogP) is 3.25. The number of aliphatic hydroxyl groups is 1. The Labute approximate surface area is 133 Å². The molecule has 116 valence electrons. The highest BCUT2D eigenvalue weighted by atomic mass is 32.2. The van der Waals surface area contributed by atoms with E-state index in [0.29, 0.717) is 17.7 Å². The van der Waals surface area contributed by atoms with E-state index in [0.717, 1.165) is 17.7 Å². The maximum Gasteiger partial charge on any atom is 0.173 e. The fourth-order valence-corrected chi connectivity index (χ4v) is 3.78. The van der Waals surface area contributed by atoms with Gasteiger partial charge in [-0.25, -0.2) is 0 Å². The number of methoxy groups -OCH3 is 1. The van der Waals surface area contributed by atoms with E-state index in [4.69, 9.17) is 4.74 Å². The van der Waals surface area contributed by atoms with Crippen LogP contribution in [0.4, 0.5) is 0 Å². The number of benzene rings is 1. The molecule has 3 rings (SSSR count). The highest BCUT2D eigenvalue weighted by molar-refractivity contribution is 7.98. The lowest BCUT2D eigenvalue weighted by atomic mass is 9.81. The Morgan fingerprint density at radius 1 is 1.23 bits per heavy atom. The summed E-state index contributed by atoms with van der Waals surface area (Å²) >= 11 is 1.55. The van der Waals surface area contributed by atoms with Gasteiger partial charge in [0.2, 0.25) is 0 Å². The first-order valence-electron chi connectivity index (χ1n) is 7.30. The van der Waals surface area contributed by atoms with Crippen molar-refractivity contribution in [3.8, 4) is 5.75 Å². The minimum Gasteiger partial charge on any atom is -0.506 e. The van der Waals surface area contributed by atoms with Gasteiger partial charge >= 0.3 is 0 Å². The molecule has 2 aliphatic carbocycles. The second-order valence-corrected chi connectivity index (χ2v) is 6.60. The van der Waals surface area contributed by atoms with Gasteiger partial charge in [0.05, 0.1) is 12.7 Å². The summed E-state index contributed by atoms with van der Waals surface area (Å²) in [5.41, 5.74) is 0.368. The van der Waals surface area contributed by atoms with Crippen LogP contribution in [0.2, 0.25) is 0 Å². The summed E-state index contributed by atoms with van der Waals surface area (Å²) in [6.45, 7) is 0. The molecular weight excluding hydrogens is 300 g/mol. The second kappa shape index (κ2) is 5.80. The van der Waals surface area contributed by atoms with Crippen molar-refractivity contribution in [1.29, 1.82) is 0 Å². The SMILES string of the molecule is COc1cc(SC)ccc1C(O)=C1C(=O)[C@@H]2CC[C@@H](C2)C1=O. The number of rotatable bonds is 3. The third-order valence-electron chi connectivity index (χ3n) is 4.57. The Kier molecular flexibility index (Phi) is 4.00. The molecule has 5 heteroatoms. The van der Waals surface area contributed by atoms with Crippen LogP contribution >= 0.6 is 11.8 Å². The van der Waals surface area contributed by atoms with Gasteiger partial charge in [-0.05, 0) is 43.7 Å². The number of thioether (sulfide) groups is 1. The number of ether oxygens (including phenoxy) is 1. The van der Waals surface area contributed by atoms with Crippen LogP contribution in [-0.4, -0.2) is 30.0 Å². The Bertz CT molecular complexity index is 653. The number of hydrogen-bond acceptors (Lipinski definition) is 5. The molecule has 0 aromatic heterocycles. The van der Waals surface area contributed by atoms with Crippen LogP contribution in [0.5, 0.6) is 5.75 Å². The van der Waals surface area contributed by atoms with Crippen molar-refractivity contribution >= 4 is 29.1 Å². The molecule has 0 radical (unpaired) electrons. The topological polar surface area (TPSA) is 63.6 Å². The van der Waals surface area contributed by atoms with E-state index >= 15 is 0 Å². The Morgan fingerprint density at radius 3 is 2.41 bits per heavy atom. The highest BCUT2D eigenvalue weighted by Gasteiger charge is 2.45. The standard InChI is InChI=1S/C17H18O4S/c1-21-13-8-11(22-2)5-6-12(13)17(20)14-15(18)9-3-4-10(7-9)16(14)19/h5-6,8-10,20H,3-4,7H2,1-2H3/t9-,10+. The van der Waals surface area contributed by atoms with Crippen molar-refractivity contribution in [2.75, 3.05) is 13.4 Å². The van der Waals surface area contributed by atoms with Gasteiger partial charge < -0.3 is 9.84 Å². The van der Waals surface area contributed by atoms with Gasteiger partial charge in [0.1, 0.15) is 17.1 Å². The van der Waals surface area contributed by atoms with Crippen LogP contribution in [0.25, 0.3) is 5.76 Å². The number of fused-ring (bicyclic) bond motifs is 2. The van der Waals surface area contributed by atoms with Crippen molar-refractivity contribution in [2.45, 2.75) is 24.2 Å². The van der Waals surface area contributed by atoms with Gasteiger partial charge in [-0.3, -0.25) is 9.59 Å². The molecule has 1 aromatic carbocycles. The summed E-state index contributed by atoms with van der Waals surface area (Å²) in [7, 11) is 1.51. The zero-order chi connectivity index (χ0) is 15.9. The van der Waals surface area contributed by atoms with Crippen molar-refractivity contribution in [1.82, 2.24) is 0 Å². The lowest BCUT2D eigenvalue weighted by molar-refractivity contribution is -0.127. The summed E-state index contributed by atoms with van der Waals surface area (Å²) in [5.74, 6) is -0.432. The van der Waals surface area contributed by atoms with Gasteiger partial charge in [0, 0.05) is 16.7 Å². The second-order valence-electron chi connectivity index (χ2n) is 5.73. The summed E-state index contributed by atoms with van der Waals surface area (Å²) in [5, 5.41) is 10.6. The molecule has 0 saturated heterocycles. The van der Waals surface area contributed by atoms with Crippen LogP contribution in [0.3, 0.4) is 0 Å². The van der Waals surface area contributed by atoms with Crippen molar-refractivity contribution in [3.63, 3.8) is 0 Å². The number of Topliss-reactive ketones (excluding diaryl/α,β-unsaturated/α-hetero) is 2. The molecule has 2 atom stereocenters. The molecule has 1 N–H and O–H groups in total. The molecule has 0 unspecified atom stereocenters. The smallest absolute Gasteiger partial charge is 0.173 e. The maximum atomic E-state index is 12.4. The van der Waals surface area contributed by atoms with Crippen molar-refractivity contribution < 1.29 is 19.4 Å². The summed E-state index contributed by atoms with van der Waals surface area (Å²) in [4.78, 5) is 25.9. The van der Waals surface area contributed by atoms with E-state index in [1.54, 1.807) is 23.9 Å². The van der Waals surface area contributed by atoms with E-state index in [1.807, 2.05) is 12.3 Å². The largest absolute Gasteiger partial charge is 0.506 e. The summed E-state index contributed by atoms with van der Waals surface area (Å²) in [6, 6.07) is 5.33. The quantitative estimate of drug-likeness (QED) is 0.401. The fourth-order valence-electron chi connectivity index (χ4n) is 3.35. The molecule has 0 amide bonds. The Balaban J connectivity index is 2.11. The van der Waals surface area contributed by atoms with E-state index in [1.165, 1.54) is 7.11 Å². The Morgan fingerprint density at radius 2 is 1.86 bits per heavy atom. The van der Waals surface area contributed by atoms with Crippen LogP contribution in [0.1, 0.15) is 24.8 Å². The van der Waals surface area contributed by atoms with Crippen LogP contribution in [-0.2, 0) is 9.59 Å². The van der Waals surface area contributed by atoms with Gasteiger partial charge in [-0.2, -0.15) is 0 Å². The van der Waals surface area contributed by atoms with Crippen LogP contribution < -0.4 is 4.74 Å². The Hall–Kier alpha value is -1.75. The van der Waals surface area contributed by atoms with E-state index in [2.05, 4.69) is 0 Å². The number of carbonyl (C=O) groups is 2. The van der Waals surface area contributed by atoms with E-state index < -0.39 is 0 Å². The molecule has 0 aliphatic heterocycles. The number of carbonyl (C=O) groups excluding carboxylic acids is 2. The normalized spacial score (nSPS) is 26.3. The lowest BCUT2D eigenvalue weighted by Gasteiger charge is -2.21. The molecule has 4 nitrogen and oxygen atoms in total. The maximum absolute atomic E-state index is 12.4. The van der Waals surface area contributed by atoms with Crippen LogP contribution in [0, 0.1) is 11.8 Å². The number of hydrogen-bond donors (Lipinski definition) is 1. The highest BCUT2D eigenvalue weighted by Crippen LogP contribution is 2.42. The molecule has 2 saturated carbocycles. The minimum absolute atomic E-state index is 0.0334. The number of ketones is 2. The van der Waals surface area contributed by atoms with Gasteiger partial charge in [0.25, 0.3) is 0 Å². The van der Waals surface area contributed by atoms with Crippen molar-refractivity contribution in [3.05, 3.63) is 29.3 Å². The molecule has 1 aromatic rings. The minimum atomic E-state index is -0.240. The van der Waals surface area contributed by atoms with Gasteiger partial charge in [0.15, 0.2) is 11.6 Å². The lowest BCUT2D eigenvalue weighted by Crippen LogP contribution is -2.30. The average molecular weight is 318 g/mol. The first-order valence-corrected chi connectivity index (χ1v) is 8.53. The third-order valence-corrected chi connectivity index (χ3v) is 5.29. The van der Waals surface area contributed by atoms with Crippen LogP contribution in [0.15, 0.2) is 28.7 Å².